The van der Waals surface area contributed by atoms with Crippen LogP contribution in [0, 0.1) is 0 Å². The van der Waals surface area contributed by atoms with Gasteiger partial charge in [-0.05, 0) is 41.5 Å². The highest BCUT2D eigenvalue weighted by Gasteiger charge is 2.76. The van der Waals surface area contributed by atoms with Gasteiger partial charge in [-0.3, -0.25) is 4.79 Å². The van der Waals surface area contributed by atoms with Gasteiger partial charge in [0.05, 0.1) is 0 Å². The summed E-state index contributed by atoms with van der Waals surface area (Å²) in [6.45, 7) is 0. The lowest BCUT2D eigenvalue weighted by Gasteiger charge is -2.36. The Morgan fingerprint density at radius 2 is 1.36 bits per heavy atom. The first-order valence-corrected chi connectivity index (χ1v) is 14.3. The van der Waals surface area contributed by atoms with Crippen molar-refractivity contribution in [3.05, 3.63) is 68.7 Å². The number of alkyl halides is 5. The van der Waals surface area contributed by atoms with E-state index in [1.165, 1.54) is 18.2 Å². The first-order chi connectivity index (χ1) is 16.1. The molecule has 0 saturated heterocycles. The van der Waals surface area contributed by atoms with E-state index >= 15 is 0 Å². The van der Waals surface area contributed by atoms with Crippen LogP contribution in [0.15, 0.2) is 36.4 Å². The number of rotatable bonds is 2. The third-order valence-electron chi connectivity index (χ3n) is 6.07. The summed E-state index contributed by atoms with van der Waals surface area (Å²) in [5.41, 5.74) is -4.80. The number of carbonyl (C=O) groups is 1. The van der Waals surface area contributed by atoms with Crippen LogP contribution in [0.4, 0.5) is 22.0 Å². The molecule has 0 radical (unpaired) electrons. The Hall–Kier alpha value is -1.80. The third kappa shape index (κ3) is 4.22. The van der Waals surface area contributed by atoms with E-state index < -0.39 is 65.6 Å². The predicted molar refractivity (Wildman–Crippen MR) is 122 cm³/mol. The van der Waals surface area contributed by atoms with Gasteiger partial charge in [-0.2, -0.15) is 13.2 Å². The van der Waals surface area contributed by atoms with Gasteiger partial charge in [-0.25, -0.2) is 25.6 Å². The Morgan fingerprint density at radius 3 is 1.83 bits per heavy atom. The van der Waals surface area contributed by atoms with Gasteiger partial charge in [0.25, 0.3) is 10.0 Å². The highest BCUT2D eigenvalue weighted by molar-refractivity contribution is 7.92. The fraction of sp³-hybridized carbons (Fsp3) is 0.381. The molecule has 0 heterocycles. The number of aliphatic hydroxyl groups is 1. The molecule has 4 rings (SSSR count). The molecule has 15 heteroatoms. The van der Waals surface area contributed by atoms with Crippen molar-refractivity contribution in [1.29, 1.82) is 0 Å². The monoisotopic (exact) mass is 594 g/mol. The van der Waals surface area contributed by atoms with Gasteiger partial charge >= 0.3 is 6.18 Å². The minimum Gasteiger partial charge on any atom is -0.373 e. The van der Waals surface area contributed by atoms with Crippen LogP contribution in [0.5, 0.6) is 0 Å². The number of hydrogen-bond donors (Lipinski definition) is 1. The van der Waals surface area contributed by atoms with Crippen molar-refractivity contribution in [3.8, 4) is 0 Å². The summed E-state index contributed by atoms with van der Waals surface area (Å²) < 4.78 is 114. The highest BCUT2D eigenvalue weighted by atomic mass is 35.5. The predicted octanol–water partition coefficient (Wildman–Crippen LogP) is 4.15. The maximum Gasteiger partial charge on any atom is 0.425 e. The van der Waals surface area contributed by atoms with E-state index in [1.54, 1.807) is 0 Å². The van der Waals surface area contributed by atoms with E-state index in [0.29, 0.717) is 16.8 Å². The average molecular weight is 595 g/mol. The Labute approximate surface area is 212 Å². The average Bonchev–Trinajstić information content (AvgIpc) is 3.10. The molecular formula is C21H17Cl2F5O6S2. The SMILES string of the molecule is CS(=O)(=O)C1(F)Cc2cc(Cl)ccc2C1(O)C(F)(F)F.CS(=O)(=O)C1(F)Cc2cc(Cl)ccc2C1=O. The van der Waals surface area contributed by atoms with Gasteiger partial charge in [0.2, 0.25) is 11.4 Å². The maximum absolute atomic E-state index is 14.7. The summed E-state index contributed by atoms with van der Waals surface area (Å²) in [4.78, 5) is 11.7. The van der Waals surface area contributed by atoms with Crippen molar-refractivity contribution in [2.75, 3.05) is 12.5 Å². The van der Waals surface area contributed by atoms with Crippen LogP contribution in [0.1, 0.15) is 27.0 Å². The molecule has 0 bridgehead atoms. The van der Waals surface area contributed by atoms with Gasteiger partial charge < -0.3 is 5.11 Å². The van der Waals surface area contributed by atoms with Crippen molar-refractivity contribution < 1.29 is 48.7 Å². The molecule has 0 aliphatic heterocycles. The summed E-state index contributed by atoms with van der Waals surface area (Å²) in [7, 11) is -8.94. The molecule has 198 valence electrons. The second kappa shape index (κ2) is 8.62. The van der Waals surface area contributed by atoms with Gasteiger partial charge in [0.1, 0.15) is 0 Å². The summed E-state index contributed by atoms with van der Waals surface area (Å²) in [5, 5.41) is 3.56. The summed E-state index contributed by atoms with van der Waals surface area (Å²) >= 11 is 11.3. The molecule has 0 fully saturated rings. The standard InChI is InChI=1S/C11H9ClF4O3S.C10H8ClFO3S/c1-20(18,19)9(13)5-6-4-7(12)2-3-8(6)10(9,17)11(14,15)16;1-16(14,15)10(12)5-6-4-7(11)2-3-8(6)9(10)13/h2-4,17H,5H2,1H3;2-4H,5H2,1H3. The van der Waals surface area contributed by atoms with Crippen LogP contribution in [0.3, 0.4) is 0 Å². The zero-order valence-corrected chi connectivity index (χ0v) is 21.5. The summed E-state index contributed by atoms with van der Waals surface area (Å²) in [5.74, 6) is -0.998. The molecular weight excluding hydrogens is 578 g/mol. The first kappa shape index (κ1) is 28.8. The molecule has 1 N–H and O–H groups in total. The van der Waals surface area contributed by atoms with Gasteiger partial charge in [-0.15, -0.1) is 0 Å². The second-order valence-corrected chi connectivity index (χ2v) is 13.8. The van der Waals surface area contributed by atoms with E-state index in [1.807, 2.05) is 0 Å². The molecule has 0 saturated carbocycles. The van der Waals surface area contributed by atoms with Crippen molar-refractivity contribution in [3.63, 3.8) is 0 Å². The number of sulfone groups is 2. The molecule has 0 aromatic heterocycles. The van der Waals surface area contributed by atoms with Gasteiger partial charge in [-0.1, -0.05) is 29.3 Å². The number of halogens is 7. The number of hydrogen-bond acceptors (Lipinski definition) is 6. The zero-order valence-electron chi connectivity index (χ0n) is 18.3. The molecule has 36 heavy (non-hydrogen) atoms. The molecule has 2 aromatic rings. The number of ketones is 1. The topological polar surface area (TPSA) is 106 Å². The first-order valence-electron chi connectivity index (χ1n) is 9.78. The zero-order chi connectivity index (χ0) is 27.7. The van der Waals surface area contributed by atoms with Crippen LogP contribution in [0.25, 0.3) is 0 Å². The van der Waals surface area contributed by atoms with Crippen molar-refractivity contribution in [1.82, 2.24) is 0 Å². The van der Waals surface area contributed by atoms with E-state index in [2.05, 4.69) is 0 Å². The largest absolute Gasteiger partial charge is 0.425 e. The number of benzene rings is 2. The van der Waals surface area contributed by atoms with Gasteiger partial charge in [0, 0.05) is 46.5 Å². The third-order valence-corrected chi connectivity index (χ3v) is 9.66. The minimum absolute atomic E-state index is 0.0195. The minimum atomic E-state index is -5.50. The van der Waals surface area contributed by atoms with Crippen molar-refractivity contribution in [2.45, 2.75) is 34.6 Å². The Bertz CT molecular complexity index is 1480. The summed E-state index contributed by atoms with van der Waals surface area (Å²) in [6, 6.07) is 7.04. The quantitative estimate of drug-likeness (QED) is 0.524. The lowest BCUT2D eigenvalue weighted by molar-refractivity contribution is -0.291. The van der Waals surface area contributed by atoms with Crippen LogP contribution in [-0.4, -0.2) is 56.4 Å². The Kier molecular flexibility index (Phi) is 6.89. The highest BCUT2D eigenvalue weighted by Crippen LogP contribution is 2.57. The molecule has 0 amide bonds. The van der Waals surface area contributed by atoms with Crippen LogP contribution < -0.4 is 0 Å². The molecule has 3 atom stereocenters. The van der Waals surface area contributed by atoms with E-state index in [-0.39, 0.29) is 16.1 Å². The maximum atomic E-state index is 14.7. The van der Waals surface area contributed by atoms with E-state index in [9.17, 15) is 48.7 Å². The van der Waals surface area contributed by atoms with E-state index in [0.717, 1.165) is 24.5 Å². The molecule has 0 spiro atoms. The lowest BCUT2D eigenvalue weighted by Crippen LogP contribution is -2.59. The molecule has 3 unspecified atom stereocenters. The van der Waals surface area contributed by atoms with Crippen molar-refractivity contribution in [2.24, 2.45) is 0 Å². The van der Waals surface area contributed by atoms with E-state index in [4.69, 9.17) is 23.2 Å². The second-order valence-electron chi connectivity index (χ2n) is 8.50. The summed E-state index contributed by atoms with van der Waals surface area (Å²) in [6.07, 6.45) is -6.03. The van der Waals surface area contributed by atoms with Crippen LogP contribution in [-0.2, 0) is 38.1 Å². The molecule has 2 aromatic carbocycles. The Balaban J connectivity index is 0.000000205. The number of fused-ring (bicyclic) bond motifs is 2. The normalized spacial score (nSPS) is 27.8. The van der Waals surface area contributed by atoms with Gasteiger partial charge in [0.15, 0.2) is 19.7 Å². The van der Waals surface area contributed by atoms with Crippen LogP contribution in [0.2, 0.25) is 10.0 Å². The van der Waals surface area contributed by atoms with Crippen LogP contribution >= 0.6 is 23.2 Å². The smallest absolute Gasteiger partial charge is 0.373 e. The molecule has 6 nitrogen and oxygen atoms in total. The fourth-order valence-electron chi connectivity index (χ4n) is 4.16. The molecule has 2 aliphatic rings. The lowest BCUT2D eigenvalue weighted by atomic mass is 9.94. The van der Waals surface area contributed by atoms with Crippen molar-refractivity contribution >= 4 is 48.7 Å². The number of Topliss-reactive ketones (excluding diaryl/α,β-unsaturated/α-hetero) is 1. The Morgan fingerprint density at radius 1 is 0.861 bits per heavy atom. The molecule has 2 aliphatic carbocycles. The number of carbonyl (C=O) groups excluding carboxylic acids is 1. The fourth-order valence-corrected chi connectivity index (χ4v) is 6.59.